The highest BCUT2D eigenvalue weighted by molar-refractivity contribution is 5.97. The van der Waals surface area contributed by atoms with Crippen LogP contribution in [0, 0.1) is 5.82 Å². The predicted molar refractivity (Wildman–Crippen MR) is 101 cm³/mol. The minimum Gasteiger partial charge on any atom is -0.493 e. The van der Waals surface area contributed by atoms with Crippen LogP contribution in [0.1, 0.15) is 12.5 Å². The number of carbonyl (C=O) groups is 2. The maximum Gasteiger partial charge on any atom is 0.240 e. The molecule has 0 radical (unpaired) electrons. The molecule has 2 aromatic rings. The number of methoxy groups -OCH3 is 2. The van der Waals surface area contributed by atoms with E-state index in [0.29, 0.717) is 30.2 Å². The van der Waals surface area contributed by atoms with Gasteiger partial charge in [0.15, 0.2) is 11.5 Å². The molecule has 0 aliphatic heterocycles. The van der Waals surface area contributed by atoms with Crippen LogP contribution < -0.4 is 19.7 Å². The first-order valence-corrected chi connectivity index (χ1v) is 8.46. The molecule has 6 nitrogen and oxygen atoms in total. The molecule has 0 saturated heterocycles. The van der Waals surface area contributed by atoms with E-state index in [1.165, 1.54) is 30.0 Å². The Labute approximate surface area is 157 Å². The fraction of sp³-hybridized carbons (Fsp3) is 0.300. The Morgan fingerprint density at radius 2 is 1.81 bits per heavy atom. The van der Waals surface area contributed by atoms with Crippen LogP contribution in [0.5, 0.6) is 11.5 Å². The van der Waals surface area contributed by atoms with E-state index in [0.717, 1.165) is 5.56 Å². The van der Waals surface area contributed by atoms with Crippen LogP contribution in [0.3, 0.4) is 0 Å². The van der Waals surface area contributed by atoms with Gasteiger partial charge in [-0.25, -0.2) is 4.39 Å². The van der Waals surface area contributed by atoms with E-state index in [1.807, 2.05) is 12.1 Å². The summed E-state index contributed by atoms with van der Waals surface area (Å²) in [4.78, 5) is 25.2. The molecule has 2 aromatic carbocycles. The topological polar surface area (TPSA) is 67.9 Å². The van der Waals surface area contributed by atoms with E-state index in [1.54, 1.807) is 26.4 Å². The number of nitrogens with one attached hydrogen (secondary N) is 1. The van der Waals surface area contributed by atoms with E-state index >= 15 is 0 Å². The number of rotatable bonds is 8. The molecule has 0 spiro atoms. The first-order chi connectivity index (χ1) is 12.9. The molecule has 0 bridgehead atoms. The normalized spacial score (nSPS) is 10.2. The zero-order valence-electron chi connectivity index (χ0n) is 15.6. The number of anilines is 1. The van der Waals surface area contributed by atoms with Crippen LogP contribution >= 0.6 is 0 Å². The van der Waals surface area contributed by atoms with Crippen molar-refractivity contribution in [1.82, 2.24) is 5.32 Å². The summed E-state index contributed by atoms with van der Waals surface area (Å²) in [5, 5.41) is 2.77. The minimum atomic E-state index is -0.465. The van der Waals surface area contributed by atoms with Gasteiger partial charge in [0.05, 0.1) is 14.2 Å². The second-order valence-corrected chi connectivity index (χ2v) is 5.87. The van der Waals surface area contributed by atoms with Gasteiger partial charge in [0.25, 0.3) is 0 Å². The summed E-state index contributed by atoms with van der Waals surface area (Å²) in [6.45, 7) is 1.55. The van der Waals surface area contributed by atoms with Gasteiger partial charge in [-0.1, -0.05) is 12.1 Å². The molecule has 1 N–H and O–H groups in total. The lowest BCUT2D eigenvalue weighted by molar-refractivity contribution is -0.123. The Morgan fingerprint density at radius 1 is 1.07 bits per heavy atom. The van der Waals surface area contributed by atoms with Gasteiger partial charge in [-0.05, 0) is 42.3 Å². The summed E-state index contributed by atoms with van der Waals surface area (Å²) in [5.74, 6) is 0.130. The number of amides is 2. The van der Waals surface area contributed by atoms with Crippen molar-refractivity contribution in [2.45, 2.75) is 13.3 Å². The van der Waals surface area contributed by atoms with Crippen molar-refractivity contribution in [3.63, 3.8) is 0 Å². The van der Waals surface area contributed by atoms with Crippen LogP contribution in [0.25, 0.3) is 0 Å². The zero-order valence-corrected chi connectivity index (χ0v) is 15.6. The van der Waals surface area contributed by atoms with Gasteiger partial charge >= 0.3 is 0 Å². The summed E-state index contributed by atoms with van der Waals surface area (Å²) in [6, 6.07) is 11.1. The Bertz CT molecular complexity index is 810. The second-order valence-electron chi connectivity index (χ2n) is 5.87. The van der Waals surface area contributed by atoms with Gasteiger partial charge in [-0.3, -0.25) is 9.59 Å². The zero-order chi connectivity index (χ0) is 19.8. The average molecular weight is 374 g/mol. The molecule has 2 rings (SSSR count). The van der Waals surface area contributed by atoms with Crippen molar-refractivity contribution in [2.75, 3.05) is 32.2 Å². The molecule has 0 saturated carbocycles. The highest BCUT2D eigenvalue weighted by Crippen LogP contribution is 2.27. The van der Waals surface area contributed by atoms with Gasteiger partial charge in [0.1, 0.15) is 12.4 Å². The SMILES string of the molecule is COc1ccc(CCNC(=O)CN(C(C)=O)c2cccc(F)c2)cc1OC. The van der Waals surface area contributed by atoms with Crippen LogP contribution in [0.15, 0.2) is 42.5 Å². The van der Waals surface area contributed by atoms with Crippen molar-refractivity contribution in [2.24, 2.45) is 0 Å². The lowest BCUT2D eigenvalue weighted by Gasteiger charge is -2.20. The number of ether oxygens (including phenoxy) is 2. The van der Waals surface area contributed by atoms with Crippen LogP contribution in [-0.4, -0.2) is 39.1 Å². The molecular weight excluding hydrogens is 351 g/mol. The van der Waals surface area contributed by atoms with Gasteiger partial charge in [0.2, 0.25) is 11.8 Å². The van der Waals surface area contributed by atoms with Crippen LogP contribution in [0.4, 0.5) is 10.1 Å². The van der Waals surface area contributed by atoms with Gasteiger partial charge < -0.3 is 19.7 Å². The molecule has 0 aliphatic carbocycles. The van der Waals surface area contributed by atoms with Crippen LogP contribution in [-0.2, 0) is 16.0 Å². The molecular formula is C20H23FN2O4. The summed E-state index contributed by atoms with van der Waals surface area (Å²) in [5.41, 5.74) is 1.32. The van der Waals surface area contributed by atoms with E-state index < -0.39 is 5.82 Å². The highest BCUT2D eigenvalue weighted by Gasteiger charge is 2.16. The molecule has 0 fully saturated rings. The molecule has 0 aromatic heterocycles. The summed E-state index contributed by atoms with van der Waals surface area (Å²) < 4.78 is 23.8. The van der Waals surface area contributed by atoms with Gasteiger partial charge in [-0.2, -0.15) is 0 Å². The lowest BCUT2D eigenvalue weighted by atomic mass is 10.1. The molecule has 7 heteroatoms. The number of nitrogens with zero attached hydrogens (tertiary/aromatic N) is 1. The van der Waals surface area contributed by atoms with Crippen molar-refractivity contribution < 1.29 is 23.5 Å². The third kappa shape index (κ3) is 5.70. The fourth-order valence-electron chi connectivity index (χ4n) is 2.61. The summed E-state index contributed by atoms with van der Waals surface area (Å²) in [6.07, 6.45) is 0.589. The van der Waals surface area contributed by atoms with E-state index in [-0.39, 0.29) is 18.4 Å². The number of carbonyl (C=O) groups excluding carboxylic acids is 2. The smallest absolute Gasteiger partial charge is 0.240 e. The maximum absolute atomic E-state index is 13.4. The maximum atomic E-state index is 13.4. The predicted octanol–water partition coefficient (Wildman–Crippen LogP) is 2.55. The quantitative estimate of drug-likeness (QED) is 0.771. The van der Waals surface area contributed by atoms with Gasteiger partial charge in [0, 0.05) is 19.2 Å². The third-order valence-electron chi connectivity index (χ3n) is 3.99. The monoisotopic (exact) mass is 374 g/mol. The van der Waals surface area contributed by atoms with Crippen LogP contribution in [0.2, 0.25) is 0 Å². The Balaban J connectivity index is 1.92. The summed E-state index contributed by atoms with van der Waals surface area (Å²) >= 11 is 0. The van der Waals surface area contributed by atoms with Crippen molar-refractivity contribution in [3.8, 4) is 11.5 Å². The fourth-order valence-corrected chi connectivity index (χ4v) is 2.61. The van der Waals surface area contributed by atoms with Crippen molar-refractivity contribution in [3.05, 3.63) is 53.8 Å². The molecule has 0 unspecified atom stereocenters. The molecule has 0 aliphatic rings. The molecule has 27 heavy (non-hydrogen) atoms. The number of benzene rings is 2. The van der Waals surface area contributed by atoms with E-state index in [4.69, 9.17) is 9.47 Å². The first-order valence-electron chi connectivity index (χ1n) is 8.46. The molecule has 2 amide bonds. The largest absolute Gasteiger partial charge is 0.493 e. The standard InChI is InChI=1S/C20H23FN2O4/c1-14(24)23(17-6-4-5-16(21)12-17)13-20(25)22-10-9-15-7-8-18(26-2)19(11-15)27-3/h4-8,11-12H,9-10,13H2,1-3H3,(H,22,25). The number of hydrogen-bond acceptors (Lipinski definition) is 4. The van der Waals surface area contributed by atoms with Crippen molar-refractivity contribution >= 4 is 17.5 Å². The molecule has 144 valence electrons. The Morgan fingerprint density at radius 3 is 2.44 bits per heavy atom. The Kier molecular flexibility index (Phi) is 7.16. The minimum absolute atomic E-state index is 0.176. The second kappa shape index (κ2) is 9.56. The number of halogens is 1. The van der Waals surface area contributed by atoms with E-state index in [9.17, 15) is 14.0 Å². The number of hydrogen-bond donors (Lipinski definition) is 1. The van der Waals surface area contributed by atoms with Gasteiger partial charge in [-0.15, -0.1) is 0 Å². The molecule has 0 atom stereocenters. The van der Waals surface area contributed by atoms with Crippen molar-refractivity contribution in [1.29, 1.82) is 0 Å². The average Bonchev–Trinajstić information content (AvgIpc) is 2.65. The lowest BCUT2D eigenvalue weighted by Crippen LogP contribution is -2.40. The Hall–Kier alpha value is -3.09. The first kappa shape index (κ1) is 20.2. The summed E-state index contributed by atoms with van der Waals surface area (Å²) in [7, 11) is 3.13. The molecule has 0 heterocycles. The van der Waals surface area contributed by atoms with E-state index in [2.05, 4.69) is 5.32 Å². The third-order valence-corrected chi connectivity index (χ3v) is 3.99. The highest BCUT2D eigenvalue weighted by atomic mass is 19.1.